The van der Waals surface area contributed by atoms with E-state index in [9.17, 15) is 4.79 Å². The van der Waals surface area contributed by atoms with Crippen LogP contribution in [0.5, 0.6) is 0 Å². The molecular weight excluding hydrogens is 578 g/mol. The largest absolute Gasteiger partial charge is 0.463 e. The minimum Gasteiger partial charge on any atom is -0.463 e. The highest BCUT2D eigenvalue weighted by molar-refractivity contribution is 5.66. The third-order valence-corrected chi connectivity index (χ3v) is 15.2. The third kappa shape index (κ3) is 10.7. The molecule has 0 saturated heterocycles. The van der Waals surface area contributed by atoms with Crippen LogP contribution < -0.4 is 0 Å². The van der Waals surface area contributed by atoms with Crippen molar-refractivity contribution in [1.82, 2.24) is 4.90 Å². The number of nitrogens with zero attached hydrogens (tertiary/aromatic N) is 1. The Morgan fingerprint density at radius 1 is 0.468 bits per heavy atom. The zero-order chi connectivity index (χ0) is 32.4. The summed E-state index contributed by atoms with van der Waals surface area (Å²) < 4.78 is 11.2. The monoisotopic (exact) mass is 654 g/mol. The summed E-state index contributed by atoms with van der Waals surface area (Å²) in [6.45, 7) is 1.56. The van der Waals surface area contributed by atoms with E-state index in [0.29, 0.717) is 6.10 Å². The second-order valence-electron chi connectivity index (χ2n) is 18.0. The summed E-state index contributed by atoms with van der Waals surface area (Å²) in [6.07, 6.45) is 42.2. The van der Waals surface area contributed by atoms with Gasteiger partial charge in [0.25, 0.3) is 0 Å². The molecule has 4 heteroatoms. The zero-order valence-electron chi connectivity index (χ0n) is 31.0. The molecule has 4 nitrogen and oxygen atoms in total. The molecule has 0 radical (unpaired) electrons. The smallest absolute Gasteiger partial charge is 0.302 e. The first-order chi connectivity index (χ1) is 23.0. The van der Waals surface area contributed by atoms with Gasteiger partial charge in [-0.25, -0.2) is 0 Å². The molecule has 6 aliphatic carbocycles. The van der Waals surface area contributed by atoms with Crippen molar-refractivity contribution in [3.8, 4) is 0 Å². The van der Waals surface area contributed by atoms with Crippen LogP contribution in [0.3, 0.4) is 0 Å². The predicted molar refractivity (Wildman–Crippen MR) is 194 cm³/mol. The van der Waals surface area contributed by atoms with E-state index in [1.165, 1.54) is 173 Å². The van der Waals surface area contributed by atoms with Gasteiger partial charge in [-0.1, -0.05) is 57.8 Å². The van der Waals surface area contributed by atoms with E-state index in [0.717, 1.165) is 66.5 Å². The lowest BCUT2D eigenvalue weighted by Gasteiger charge is -2.50. The first-order valence-corrected chi connectivity index (χ1v) is 21.5. The zero-order valence-corrected chi connectivity index (χ0v) is 31.0. The van der Waals surface area contributed by atoms with Gasteiger partial charge in [0.1, 0.15) is 6.10 Å². The van der Waals surface area contributed by atoms with Crippen LogP contribution in [0.15, 0.2) is 0 Å². The molecule has 0 aromatic heterocycles. The lowest BCUT2D eigenvalue weighted by molar-refractivity contribution is -0.148. The van der Waals surface area contributed by atoms with Gasteiger partial charge < -0.3 is 9.47 Å². The summed E-state index contributed by atoms with van der Waals surface area (Å²) in [5, 5.41) is 0. The van der Waals surface area contributed by atoms with E-state index in [2.05, 4.69) is 4.90 Å². The molecule has 0 aliphatic heterocycles. The fourth-order valence-corrected chi connectivity index (χ4v) is 12.2. The van der Waals surface area contributed by atoms with E-state index in [4.69, 9.17) is 9.47 Å². The number of hydrogen-bond acceptors (Lipinski definition) is 4. The van der Waals surface area contributed by atoms with Crippen LogP contribution >= 0.6 is 0 Å². The Labute approximate surface area is 290 Å². The van der Waals surface area contributed by atoms with Crippen molar-refractivity contribution < 1.29 is 14.3 Å². The van der Waals surface area contributed by atoms with E-state index in [1.54, 1.807) is 6.92 Å². The molecule has 6 saturated carbocycles. The van der Waals surface area contributed by atoms with E-state index in [-0.39, 0.29) is 12.1 Å². The van der Waals surface area contributed by atoms with Gasteiger partial charge in [0.05, 0.1) is 6.10 Å². The molecule has 0 atom stereocenters. The number of hydrogen-bond donors (Lipinski definition) is 0. The maximum absolute atomic E-state index is 11.4. The van der Waals surface area contributed by atoms with Gasteiger partial charge in [-0.05, 0) is 164 Å². The number of ether oxygens (including phenoxy) is 2. The first-order valence-electron chi connectivity index (χ1n) is 21.5. The normalized spacial score (nSPS) is 39.5. The fraction of sp³-hybridized carbons (Fsp3) is 0.977. The highest BCUT2D eigenvalue weighted by Crippen LogP contribution is 2.44. The van der Waals surface area contributed by atoms with Crippen LogP contribution in [0.25, 0.3) is 0 Å². The van der Waals surface area contributed by atoms with E-state index >= 15 is 0 Å². The minimum atomic E-state index is -0.0967. The molecule has 6 fully saturated rings. The summed E-state index contributed by atoms with van der Waals surface area (Å²) in [5.74, 6) is 5.80. The molecule has 0 aromatic rings. The van der Waals surface area contributed by atoms with Gasteiger partial charge in [-0.15, -0.1) is 0 Å². The maximum Gasteiger partial charge on any atom is 0.302 e. The molecule has 0 N–H and O–H groups in total. The summed E-state index contributed by atoms with van der Waals surface area (Å²) in [4.78, 5) is 14.6. The van der Waals surface area contributed by atoms with Gasteiger partial charge in [0.15, 0.2) is 0 Å². The Kier molecular flexibility index (Phi) is 14.3. The molecule has 270 valence electrons. The average Bonchev–Trinajstić information content (AvgIpc) is 3.12. The molecule has 6 aliphatic rings. The average molecular weight is 654 g/mol. The van der Waals surface area contributed by atoms with Crippen molar-refractivity contribution in [2.45, 2.75) is 223 Å². The molecule has 6 rings (SSSR count). The highest BCUT2D eigenvalue weighted by Gasteiger charge is 2.39. The van der Waals surface area contributed by atoms with E-state index < -0.39 is 0 Å². The van der Waals surface area contributed by atoms with Crippen molar-refractivity contribution in [3.63, 3.8) is 0 Å². The molecule has 47 heavy (non-hydrogen) atoms. The van der Waals surface area contributed by atoms with Crippen molar-refractivity contribution in [2.24, 2.45) is 35.5 Å². The number of methoxy groups -OCH3 is 1. The second-order valence-corrected chi connectivity index (χ2v) is 18.0. The quantitative estimate of drug-likeness (QED) is 0.196. The predicted octanol–water partition coefficient (Wildman–Crippen LogP) is 11.4. The fourth-order valence-electron chi connectivity index (χ4n) is 12.2. The topological polar surface area (TPSA) is 38.8 Å². The Bertz CT molecular complexity index is 877. The van der Waals surface area contributed by atoms with Gasteiger partial charge in [0.2, 0.25) is 0 Å². The van der Waals surface area contributed by atoms with Gasteiger partial charge >= 0.3 is 5.97 Å². The summed E-state index contributed by atoms with van der Waals surface area (Å²) in [6, 6.07) is 2.61. The Morgan fingerprint density at radius 2 is 0.830 bits per heavy atom. The molecule has 0 aromatic carbocycles. The van der Waals surface area contributed by atoms with E-state index in [1.807, 2.05) is 7.11 Å². The molecule has 0 spiro atoms. The summed E-state index contributed by atoms with van der Waals surface area (Å²) >= 11 is 0. The Hall–Kier alpha value is -0.610. The number of carbonyl (C=O) groups excluding carboxylic acids is 1. The van der Waals surface area contributed by atoms with Crippen LogP contribution in [-0.2, 0) is 14.3 Å². The number of carbonyl (C=O) groups is 1. The third-order valence-electron chi connectivity index (χ3n) is 15.2. The lowest BCUT2D eigenvalue weighted by Crippen LogP contribution is -2.53. The summed E-state index contributed by atoms with van der Waals surface area (Å²) in [5.41, 5.74) is 0. The molecule has 0 bridgehead atoms. The first kappa shape index (κ1) is 36.2. The molecule has 0 heterocycles. The van der Waals surface area contributed by atoms with Crippen LogP contribution in [0.4, 0.5) is 0 Å². The van der Waals surface area contributed by atoms with Gasteiger partial charge in [0, 0.05) is 32.2 Å². The molecule has 0 amide bonds. The van der Waals surface area contributed by atoms with Crippen molar-refractivity contribution >= 4 is 5.97 Å². The van der Waals surface area contributed by atoms with Crippen molar-refractivity contribution in [1.29, 1.82) is 0 Å². The van der Waals surface area contributed by atoms with Crippen LogP contribution in [0.2, 0.25) is 0 Å². The van der Waals surface area contributed by atoms with Crippen LogP contribution in [0.1, 0.15) is 193 Å². The molecular formula is C43H75NO3. The van der Waals surface area contributed by atoms with Crippen LogP contribution in [0, 0.1) is 35.5 Å². The minimum absolute atomic E-state index is 0.0967. The SMILES string of the molecule is COC1CCC(CCC2CCC(N(C3CCC(CCC4CCC(OC(C)=O)CC4)CC3)C3CCC(C4CCCCC4)CC3)CC2)CC1. The Balaban J connectivity index is 0.973. The molecule has 0 unspecified atom stereocenters. The van der Waals surface area contributed by atoms with Gasteiger partial charge in [-0.3, -0.25) is 9.69 Å². The van der Waals surface area contributed by atoms with Crippen molar-refractivity contribution in [3.05, 3.63) is 0 Å². The lowest BCUT2D eigenvalue weighted by atomic mass is 9.71. The standard InChI is InChI=1S/C43H75NO3/c1-32(45)47-43-30-18-36(19-31-43)11-9-34-14-24-40(25-15-34)44(41-26-20-38(21-27-41)37-6-4-3-5-7-37)39-22-12-33(13-23-39)8-10-35-16-28-42(46-2)29-17-35/h33-43H,3-31H2,1-2H3. The highest BCUT2D eigenvalue weighted by atomic mass is 16.5. The van der Waals surface area contributed by atoms with Crippen LogP contribution in [-0.4, -0.2) is 48.3 Å². The number of rotatable bonds is 12. The summed E-state index contributed by atoms with van der Waals surface area (Å²) in [7, 11) is 1.91. The maximum atomic E-state index is 11.4. The Morgan fingerprint density at radius 3 is 1.23 bits per heavy atom. The number of esters is 1. The second kappa shape index (κ2) is 18.6. The van der Waals surface area contributed by atoms with Crippen molar-refractivity contribution in [2.75, 3.05) is 7.11 Å². The van der Waals surface area contributed by atoms with Gasteiger partial charge in [-0.2, -0.15) is 0 Å².